The molecule has 0 saturated heterocycles. The number of anilines is 3. The van der Waals surface area contributed by atoms with Crippen LogP contribution in [0.15, 0.2) is 187 Å². The molecule has 8 aromatic carbocycles. The van der Waals surface area contributed by atoms with Gasteiger partial charge in [-0.2, -0.15) is 0 Å². The van der Waals surface area contributed by atoms with Crippen molar-refractivity contribution >= 4 is 71.4 Å². The topological polar surface area (TPSA) is 29.3 Å². The molecule has 0 amide bonds. The monoisotopic (exact) mass is 638 g/mol. The zero-order valence-electron chi connectivity index (χ0n) is 27.1. The van der Waals surface area contributed by atoms with Crippen LogP contribution in [0.25, 0.3) is 76.5 Å². The van der Waals surface area contributed by atoms with Gasteiger partial charge in [-0.05, 0) is 91.0 Å². The van der Waals surface area contributed by atoms with Gasteiger partial charge in [0.25, 0.3) is 0 Å². The largest absolute Gasteiger partial charge is 0.456 e. The van der Waals surface area contributed by atoms with E-state index >= 15 is 0 Å². The molecule has 2 heterocycles. The van der Waals surface area contributed by atoms with Crippen molar-refractivity contribution in [2.45, 2.75) is 0 Å². The molecule has 3 nitrogen and oxygen atoms in total. The molecule has 0 saturated carbocycles. The highest BCUT2D eigenvalue weighted by Crippen LogP contribution is 2.41. The normalized spacial score (nSPS) is 11.6. The van der Waals surface area contributed by atoms with Crippen LogP contribution in [0.1, 0.15) is 0 Å². The van der Waals surface area contributed by atoms with Crippen molar-refractivity contribution in [3.8, 4) is 22.3 Å². The quantitative estimate of drug-likeness (QED) is 0.176. The molecule has 2 aromatic heterocycles. The number of aromatic nitrogens is 1. The fourth-order valence-corrected chi connectivity index (χ4v) is 7.48. The molecule has 10 rings (SSSR count). The van der Waals surface area contributed by atoms with Crippen molar-refractivity contribution in [2.75, 3.05) is 4.90 Å². The Morgan fingerprint density at radius 3 is 1.76 bits per heavy atom. The van der Waals surface area contributed by atoms with Crippen LogP contribution in [-0.2, 0) is 0 Å². The van der Waals surface area contributed by atoms with Gasteiger partial charge in [0.1, 0.15) is 17.0 Å². The highest BCUT2D eigenvalue weighted by molar-refractivity contribution is 6.24. The second-order valence-electron chi connectivity index (χ2n) is 12.8. The smallest absolute Gasteiger partial charge is 0.141 e. The molecule has 0 atom stereocenters. The van der Waals surface area contributed by atoms with Gasteiger partial charge >= 0.3 is 0 Å². The fraction of sp³-hybridized carbons (Fsp3) is 0. The minimum Gasteiger partial charge on any atom is -0.456 e. The summed E-state index contributed by atoms with van der Waals surface area (Å²) in [5.41, 5.74) is 8.45. The summed E-state index contributed by atoms with van der Waals surface area (Å²) >= 11 is 0. The van der Waals surface area contributed by atoms with Crippen LogP contribution >= 0.6 is 0 Å². The summed E-state index contributed by atoms with van der Waals surface area (Å²) in [4.78, 5) is 7.22. The van der Waals surface area contributed by atoms with Gasteiger partial charge in [0.15, 0.2) is 0 Å². The molecule has 0 N–H and O–H groups in total. The highest BCUT2D eigenvalue weighted by Gasteiger charge is 2.18. The third kappa shape index (κ3) is 4.63. The average Bonchev–Trinajstić information content (AvgIpc) is 3.56. The summed E-state index contributed by atoms with van der Waals surface area (Å²) in [6.45, 7) is 0. The summed E-state index contributed by atoms with van der Waals surface area (Å²) in [6, 6.07) is 62.5. The summed E-state index contributed by atoms with van der Waals surface area (Å²) in [7, 11) is 0. The molecule has 50 heavy (non-hydrogen) atoms. The first-order valence-corrected chi connectivity index (χ1v) is 17.0. The van der Waals surface area contributed by atoms with Crippen molar-refractivity contribution < 1.29 is 4.42 Å². The molecular formula is C47H30N2O. The Labute approximate surface area is 289 Å². The van der Waals surface area contributed by atoms with Gasteiger partial charge in [-0.3, -0.25) is 4.90 Å². The molecule has 234 valence electrons. The lowest BCUT2D eigenvalue weighted by Gasteiger charge is -2.25. The van der Waals surface area contributed by atoms with E-state index in [1.54, 1.807) is 0 Å². The Hall–Kier alpha value is -6.71. The van der Waals surface area contributed by atoms with E-state index in [0.717, 1.165) is 39.1 Å². The number of furan rings is 1. The standard InChI is InChI=1S/C47H30N2O/c1-2-10-31(11-3-1)32-18-23-36(24-19-32)49(46-29-45-43(30-48-46)40-16-8-9-17-44(40)50-45)37-25-20-34(21-26-37)42-28-35-13-5-7-15-39(35)47-38-14-6-4-12-33(38)22-27-41(42)47/h1-30H. The SMILES string of the molecule is c1ccc(-c2ccc(N(c3ccc(-c4cc5ccccc5c5c4ccc4ccccc45)cc3)c3cc4oc5ccccc5c4cn3)cc2)cc1. The van der Waals surface area contributed by atoms with Crippen LogP contribution < -0.4 is 4.90 Å². The van der Waals surface area contributed by atoms with Crippen molar-refractivity contribution in [3.63, 3.8) is 0 Å². The second kappa shape index (κ2) is 11.5. The first kappa shape index (κ1) is 28.3. The predicted molar refractivity (Wildman–Crippen MR) is 210 cm³/mol. The minimum absolute atomic E-state index is 0.791. The van der Waals surface area contributed by atoms with Gasteiger partial charge in [-0.15, -0.1) is 0 Å². The zero-order valence-corrected chi connectivity index (χ0v) is 27.1. The number of rotatable bonds is 5. The Balaban J connectivity index is 1.12. The van der Waals surface area contributed by atoms with Gasteiger partial charge < -0.3 is 4.42 Å². The molecule has 0 aliphatic carbocycles. The Bertz CT molecular complexity index is 2840. The lowest BCUT2D eigenvalue weighted by Crippen LogP contribution is -2.11. The van der Waals surface area contributed by atoms with E-state index < -0.39 is 0 Å². The number of para-hydroxylation sites is 1. The maximum absolute atomic E-state index is 6.31. The zero-order chi connectivity index (χ0) is 33.0. The molecular weight excluding hydrogens is 609 g/mol. The van der Waals surface area contributed by atoms with Crippen LogP contribution in [0, 0.1) is 0 Å². The van der Waals surface area contributed by atoms with E-state index in [4.69, 9.17) is 9.40 Å². The van der Waals surface area contributed by atoms with Crippen LogP contribution in [0.2, 0.25) is 0 Å². The predicted octanol–water partition coefficient (Wildman–Crippen LogP) is 13.2. The second-order valence-corrected chi connectivity index (χ2v) is 12.8. The molecule has 10 aromatic rings. The van der Waals surface area contributed by atoms with Crippen LogP contribution in [0.4, 0.5) is 17.2 Å². The van der Waals surface area contributed by atoms with Crippen LogP contribution in [0.5, 0.6) is 0 Å². The first-order valence-electron chi connectivity index (χ1n) is 17.0. The van der Waals surface area contributed by atoms with Gasteiger partial charge in [0.2, 0.25) is 0 Å². The molecule has 3 heteroatoms. The van der Waals surface area contributed by atoms with Crippen LogP contribution in [0.3, 0.4) is 0 Å². The highest BCUT2D eigenvalue weighted by atomic mass is 16.3. The Morgan fingerprint density at radius 1 is 0.400 bits per heavy atom. The van der Waals surface area contributed by atoms with Crippen LogP contribution in [-0.4, -0.2) is 4.98 Å². The molecule has 0 bridgehead atoms. The van der Waals surface area contributed by atoms with E-state index in [2.05, 4.69) is 157 Å². The van der Waals surface area contributed by atoms with Gasteiger partial charge in [-0.25, -0.2) is 4.98 Å². The van der Waals surface area contributed by atoms with Crippen molar-refractivity contribution in [2.24, 2.45) is 0 Å². The Kier molecular flexibility index (Phi) is 6.49. The summed E-state index contributed by atoms with van der Waals surface area (Å²) in [6.07, 6.45) is 1.93. The maximum atomic E-state index is 6.31. The van der Waals surface area contributed by atoms with Gasteiger partial charge in [0.05, 0.1) is 0 Å². The van der Waals surface area contributed by atoms with E-state index in [0.29, 0.717) is 0 Å². The van der Waals surface area contributed by atoms with Crippen molar-refractivity contribution in [1.29, 1.82) is 0 Å². The lowest BCUT2D eigenvalue weighted by atomic mass is 9.90. The maximum Gasteiger partial charge on any atom is 0.141 e. The minimum atomic E-state index is 0.791. The first-order chi connectivity index (χ1) is 24.8. The van der Waals surface area contributed by atoms with Crippen molar-refractivity contribution in [1.82, 2.24) is 4.98 Å². The molecule has 0 radical (unpaired) electrons. The summed E-state index contributed by atoms with van der Waals surface area (Å²) in [5.74, 6) is 0.791. The fourth-order valence-electron chi connectivity index (χ4n) is 7.48. The Morgan fingerprint density at radius 2 is 1.00 bits per heavy atom. The number of benzene rings is 8. The van der Waals surface area contributed by atoms with E-state index in [-0.39, 0.29) is 0 Å². The molecule has 0 aliphatic heterocycles. The molecule has 0 spiro atoms. The summed E-state index contributed by atoms with van der Waals surface area (Å²) in [5, 5.41) is 9.66. The number of nitrogens with zero attached hydrogens (tertiary/aromatic N) is 2. The third-order valence-electron chi connectivity index (χ3n) is 9.90. The molecule has 0 unspecified atom stereocenters. The van der Waals surface area contributed by atoms with Crippen molar-refractivity contribution in [3.05, 3.63) is 182 Å². The third-order valence-corrected chi connectivity index (χ3v) is 9.90. The number of hydrogen-bond acceptors (Lipinski definition) is 3. The van der Waals surface area contributed by atoms with Gasteiger partial charge in [-0.1, -0.05) is 133 Å². The van der Waals surface area contributed by atoms with E-state index in [1.165, 1.54) is 54.6 Å². The van der Waals surface area contributed by atoms with E-state index in [9.17, 15) is 0 Å². The van der Waals surface area contributed by atoms with Gasteiger partial charge in [0, 0.05) is 34.4 Å². The molecule has 0 aliphatic rings. The number of fused-ring (bicyclic) bond motifs is 8. The lowest BCUT2D eigenvalue weighted by molar-refractivity contribution is 0.668. The van der Waals surface area contributed by atoms with E-state index in [1.807, 2.05) is 30.5 Å². The number of pyridine rings is 1. The number of hydrogen-bond donors (Lipinski definition) is 0. The molecule has 0 fully saturated rings. The average molecular weight is 639 g/mol. The summed E-state index contributed by atoms with van der Waals surface area (Å²) < 4.78 is 6.31.